The number of carbonyl (C=O) groups excluding carboxylic acids is 1. The summed E-state index contributed by atoms with van der Waals surface area (Å²) in [5, 5.41) is 1.93. The number of nitrogens with zero attached hydrogens (tertiary/aromatic N) is 2. The molecule has 0 saturated heterocycles. The smallest absolute Gasteiger partial charge is 0.264 e. The average molecular weight is 260 g/mol. The first kappa shape index (κ1) is 12.8. The minimum absolute atomic E-state index is 0.0869. The topological polar surface area (TPSA) is 33.2 Å². The molecule has 0 saturated carbocycles. The van der Waals surface area contributed by atoms with E-state index in [1.165, 1.54) is 11.3 Å². The Kier molecular flexibility index (Phi) is 4.10. The molecule has 4 heteroatoms. The highest BCUT2D eigenvalue weighted by atomic mass is 32.1. The van der Waals surface area contributed by atoms with E-state index in [1.54, 1.807) is 12.4 Å². The summed E-state index contributed by atoms with van der Waals surface area (Å²) >= 11 is 1.48. The molecule has 0 aromatic carbocycles. The average Bonchev–Trinajstić information content (AvgIpc) is 2.90. The van der Waals surface area contributed by atoms with Crippen LogP contribution in [-0.2, 0) is 6.54 Å². The van der Waals surface area contributed by atoms with E-state index >= 15 is 0 Å². The number of carbonyl (C=O) groups is 1. The molecule has 18 heavy (non-hydrogen) atoms. The Bertz CT molecular complexity index is 494. The number of aromatic nitrogens is 1. The van der Waals surface area contributed by atoms with Crippen LogP contribution in [0.4, 0.5) is 0 Å². The van der Waals surface area contributed by atoms with Crippen LogP contribution in [0.25, 0.3) is 0 Å². The normalized spacial score (nSPS) is 10.6. The zero-order valence-corrected chi connectivity index (χ0v) is 11.4. The molecule has 0 N–H and O–H groups in total. The van der Waals surface area contributed by atoms with E-state index in [-0.39, 0.29) is 11.9 Å². The predicted molar refractivity (Wildman–Crippen MR) is 73.6 cm³/mol. The van der Waals surface area contributed by atoms with Gasteiger partial charge in [0.2, 0.25) is 0 Å². The first-order chi connectivity index (χ1) is 8.68. The van der Waals surface area contributed by atoms with Crippen molar-refractivity contribution in [3.63, 3.8) is 0 Å². The second-order valence-corrected chi connectivity index (χ2v) is 5.31. The molecule has 2 aromatic heterocycles. The maximum atomic E-state index is 12.4. The first-order valence-corrected chi connectivity index (χ1v) is 6.80. The Morgan fingerprint density at radius 2 is 2.22 bits per heavy atom. The number of pyridine rings is 1. The predicted octanol–water partition coefficient (Wildman–Crippen LogP) is 3.19. The van der Waals surface area contributed by atoms with Crippen molar-refractivity contribution in [2.24, 2.45) is 0 Å². The minimum Gasteiger partial charge on any atom is -0.331 e. The highest BCUT2D eigenvalue weighted by Gasteiger charge is 2.19. The van der Waals surface area contributed by atoms with Crippen LogP contribution in [0.2, 0.25) is 0 Å². The van der Waals surface area contributed by atoms with Gasteiger partial charge in [0.15, 0.2) is 0 Å². The maximum Gasteiger partial charge on any atom is 0.264 e. The molecule has 0 radical (unpaired) electrons. The Hall–Kier alpha value is -1.68. The molecule has 0 unspecified atom stereocenters. The Labute approximate surface area is 111 Å². The van der Waals surface area contributed by atoms with Gasteiger partial charge in [0.1, 0.15) is 0 Å². The van der Waals surface area contributed by atoms with Gasteiger partial charge in [0.05, 0.1) is 4.88 Å². The lowest BCUT2D eigenvalue weighted by Crippen LogP contribution is -2.35. The summed E-state index contributed by atoms with van der Waals surface area (Å²) in [6.45, 7) is 4.66. The summed E-state index contributed by atoms with van der Waals surface area (Å²) in [6.07, 6.45) is 3.54. The van der Waals surface area contributed by atoms with Gasteiger partial charge in [0, 0.05) is 25.0 Å². The summed E-state index contributed by atoms with van der Waals surface area (Å²) < 4.78 is 0. The summed E-state index contributed by atoms with van der Waals surface area (Å²) in [5.41, 5.74) is 1.05. The zero-order valence-electron chi connectivity index (χ0n) is 10.5. The molecule has 0 atom stereocenters. The van der Waals surface area contributed by atoms with Gasteiger partial charge in [-0.3, -0.25) is 9.78 Å². The van der Waals surface area contributed by atoms with Crippen LogP contribution in [0.5, 0.6) is 0 Å². The van der Waals surface area contributed by atoms with Crippen LogP contribution >= 0.6 is 11.3 Å². The molecule has 2 rings (SSSR count). The van der Waals surface area contributed by atoms with E-state index in [2.05, 4.69) is 4.98 Å². The van der Waals surface area contributed by atoms with Gasteiger partial charge in [-0.2, -0.15) is 0 Å². The van der Waals surface area contributed by atoms with Crippen LogP contribution < -0.4 is 0 Å². The van der Waals surface area contributed by atoms with Crippen molar-refractivity contribution in [2.45, 2.75) is 26.4 Å². The lowest BCUT2D eigenvalue weighted by molar-refractivity contribution is 0.0695. The molecular formula is C14H16N2OS. The number of thiophene rings is 1. The van der Waals surface area contributed by atoms with Crippen molar-refractivity contribution in [2.75, 3.05) is 0 Å². The molecule has 0 spiro atoms. The highest BCUT2D eigenvalue weighted by Crippen LogP contribution is 2.16. The Morgan fingerprint density at radius 3 is 2.78 bits per heavy atom. The van der Waals surface area contributed by atoms with Crippen molar-refractivity contribution in [1.29, 1.82) is 0 Å². The molecule has 94 valence electrons. The summed E-state index contributed by atoms with van der Waals surface area (Å²) in [5.74, 6) is 0.0869. The number of rotatable bonds is 4. The highest BCUT2D eigenvalue weighted by molar-refractivity contribution is 7.12. The molecule has 0 aliphatic heterocycles. The number of amides is 1. The molecule has 0 fully saturated rings. The SMILES string of the molecule is CC(C)N(Cc1cccnc1)C(=O)c1cccs1. The quantitative estimate of drug-likeness (QED) is 0.845. The van der Waals surface area contributed by atoms with Crippen molar-refractivity contribution in [3.8, 4) is 0 Å². The molecule has 0 bridgehead atoms. The van der Waals surface area contributed by atoms with Gasteiger partial charge in [-0.1, -0.05) is 12.1 Å². The third-order valence-electron chi connectivity index (χ3n) is 2.69. The molecule has 0 aliphatic carbocycles. The third-order valence-corrected chi connectivity index (χ3v) is 3.55. The van der Waals surface area contributed by atoms with Crippen molar-refractivity contribution >= 4 is 17.2 Å². The van der Waals surface area contributed by atoms with Gasteiger partial charge in [-0.25, -0.2) is 0 Å². The fourth-order valence-electron chi connectivity index (χ4n) is 1.72. The van der Waals surface area contributed by atoms with Crippen LogP contribution in [0.15, 0.2) is 42.0 Å². The molecule has 0 aliphatic rings. The summed E-state index contributed by atoms with van der Waals surface area (Å²) in [6, 6.07) is 7.82. The second-order valence-electron chi connectivity index (χ2n) is 4.37. The van der Waals surface area contributed by atoms with Crippen LogP contribution in [-0.4, -0.2) is 21.8 Å². The first-order valence-electron chi connectivity index (χ1n) is 5.92. The fourth-order valence-corrected chi connectivity index (χ4v) is 2.40. The van der Waals surface area contributed by atoms with Gasteiger partial charge in [-0.05, 0) is 36.9 Å². The van der Waals surface area contributed by atoms with Gasteiger partial charge < -0.3 is 4.90 Å². The van der Waals surface area contributed by atoms with E-state index in [4.69, 9.17) is 0 Å². The van der Waals surface area contributed by atoms with Gasteiger partial charge >= 0.3 is 0 Å². The maximum absolute atomic E-state index is 12.4. The standard InChI is InChI=1S/C14H16N2OS/c1-11(2)16(10-12-5-3-7-15-9-12)14(17)13-6-4-8-18-13/h3-9,11H,10H2,1-2H3. The molecule has 2 heterocycles. The summed E-state index contributed by atoms with van der Waals surface area (Å²) in [7, 11) is 0. The van der Waals surface area contributed by atoms with Crippen LogP contribution in [0, 0.1) is 0 Å². The molecular weight excluding hydrogens is 244 g/mol. The van der Waals surface area contributed by atoms with Crippen molar-refractivity contribution in [1.82, 2.24) is 9.88 Å². The number of hydrogen-bond acceptors (Lipinski definition) is 3. The molecule has 3 nitrogen and oxygen atoms in total. The van der Waals surface area contributed by atoms with Crippen LogP contribution in [0.1, 0.15) is 29.1 Å². The lowest BCUT2D eigenvalue weighted by Gasteiger charge is -2.26. The fraction of sp³-hybridized carbons (Fsp3) is 0.286. The Balaban J connectivity index is 2.17. The Morgan fingerprint density at radius 1 is 1.39 bits per heavy atom. The summed E-state index contributed by atoms with van der Waals surface area (Å²) in [4.78, 5) is 19.1. The molecule has 2 aromatic rings. The van der Waals surface area contributed by atoms with Crippen LogP contribution in [0.3, 0.4) is 0 Å². The van der Waals surface area contributed by atoms with Crippen molar-refractivity contribution in [3.05, 3.63) is 52.5 Å². The molecule has 1 amide bonds. The van der Waals surface area contributed by atoms with E-state index < -0.39 is 0 Å². The third kappa shape index (κ3) is 2.96. The second kappa shape index (κ2) is 5.78. The monoisotopic (exact) mass is 260 g/mol. The largest absolute Gasteiger partial charge is 0.331 e. The van der Waals surface area contributed by atoms with Gasteiger partial charge in [0.25, 0.3) is 5.91 Å². The van der Waals surface area contributed by atoms with Crippen molar-refractivity contribution < 1.29 is 4.79 Å². The zero-order chi connectivity index (χ0) is 13.0. The van der Waals surface area contributed by atoms with Gasteiger partial charge in [-0.15, -0.1) is 11.3 Å². The number of hydrogen-bond donors (Lipinski definition) is 0. The van der Waals surface area contributed by atoms with E-state index in [0.717, 1.165) is 10.4 Å². The lowest BCUT2D eigenvalue weighted by atomic mass is 10.2. The van der Waals surface area contributed by atoms with E-state index in [9.17, 15) is 4.79 Å². The minimum atomic E-state index is 0.0869. The van der Waals surface area contributed by atoms with E-state index in [1.807, 2.05) is 48.4 Å². The van der Waals surface area contributed by atoms with E-state index in [0.29, 0.717) is 6.54 Å².